The highest BCUT2D eigenvalue weighted by atomic mass is 35.5. The zero-order valence-electron chi connectivity index (χ0n) is 14.0. The molecular weight excluding hydrogens is 336 g/mol. The number of H-pyrrole nitrogens is 1. The molecule has 1 saturated heterocycles. The number of hydrogen-bond donors (Lipinski definition) is 2. The van der Waals surface area contributed by atoms with Crippen molar-refractivity contribution in [3.8, 4) is 11.1 Å². The lowest BCUT2D eigenvalue weighted by Gasteiger charge is -2.27. The van der Waals surface area contributed by atoms with E-state index < -0.39 is 0 Å². The number of carbonyl (C=O) groups is 1. The van der Waals surface area contributed by atoms with E-state index in [1.54, 1.807) is 0 Å². The molecule has 3 aromatic rings. The van der Waals surface area contributed by atoms with Crippen LogP contribution in [0.2, 0.25) is 5.15 Å². The van der Waals surface area contributed by atoms with Gasteiger partial charge in [0.15, 0.2) is 0 Å². The molecule has 6 heteroatoms. The highest BCUT2D eigenvalue weighted by Gasteiger charge is 2.19. The summed E-state index contributed by atoms with van der Waals surface area (Å²) in [7, 11) is 0. The average molecular weight is 355 g/mol. The summed E-state index contributed by atoms with van der Waals surface area (Å²) in [5, 5.41) is 4.80. The number of benzene rings is 1. The number of nitrogens with zero attached hydrogens (tertiary/aromatic N) is 2. The van der Waals surface area contributed by atoms with E-state index in [9.17, 15) is 4.79 Å². The predicted octanol–water partition coefficient (Wildman–Crippen LogP) is 3.38. The molecule has 25 heavy (non-hydrogen) atoms. The first-order valence-corrected chi connectivity index (χ1v) is 8.83. The van der Waals surface area contributed by atoms with Crippen LogP contribution in [0.5, 0.6) is 0 Å². The second-order valence-corrected chi connectivity index (χ2v) is 6.54. The predicted molar refractivity (Wildman–Crippen MR) is 101 cm³/mol. The molecule has 1 aromatic carbocycles. The molecule has 1 amide bonds. The van der Waals surface area contributed by atoms with Crippen molar-refractivity contribution in [1.29, 1.82) is 0 Å². The molecule has 128 valence electrons. The fourth-order valence-electron chi connectivity index (χ4n) is 3.33. The minimum absolute atomic E-state index is 0.0997. The maximum atomic E-state index is 12.1. The van der Waals surface area contributed by atoms with E-state index in [1.165, 1.54) is 0 Å². The standard InChI is InChI=1S/C19H19ClN4O/c1-2-15-16-9-13(10-22-19(16)23-18(15)20)12-4-3-5-14(8-12)24-7-6-21-11-17(24)25/h3-5,8-10,21H,2,6-7,11H2,1H3,(H,22,23). The van der Waals surface area contributed by atoms with Crippen LogP contribution in [0.4, 0.5) is 5.69 Å². The molecule has 2 N–H and O–H groups in total. The molecular formula is C19H19ClN4O. The SMILES string of the molecule is CCc1c(Cl)[nH]c2ncc(-c3cccc(N4CCNCC4=O)c3)cc12. The van der Waals surface area contributed by atoms with Gasteiger partial charge in [-0.25, -0.2) is 4.98 Å². The largest absolute Gasteiger partial charge is 0.330 e. The lowest BCUT2D eigenvalue weighted by molar-refractivity contribution is -0.118. The van der Waals surface area contributed by atoms with Gasteiger partial charge in [0.1, 0.15) is 10.8 Å². The van der Waals surface area contributed by atoms with Crippen LogP contribution in [-0.2, 0) is 11.2 Å². The van der Waals surface area contributed by atoms with Gasteiger partial charge in [-0.3, -0.25) is 4.79 Å². The minimum atomic E-state index is 0.0997. The van der Waals surface area contributed by atoms with Crippen molar-refractivity contribution in [2.45, 2.75) is 13.3 Å². The quantitative estimate of drug-likeness (QED) is 0.758. The number of rotatable bonds is 3. The molecule has 2 aromatic heterocycles. The lowest BCUT2D eigenvalue weighted by atomic mass is 10.0. The van der Waals surface area contributed by atoms with Gasteiger partial charge in [0.2, 0.25) is 5.91 Å². The Kier molecular flexibility index (Phi) is 4.19. The molecule has 0 atom stereocenters. The van der Waals surface area contributed by atoms with Crippen LogP contribution >= 0.6 is 11.6 Å². The molecule has 1 fully saturated rings. The van der Waals surface area contributed by atoms with E-state index in [4.69, 9.17) is 11.6 Å². The third-order valence-electron chi connectivity index (χ3n) is 4.64. The van der Waals surface area contributed by atoms with Gasteiger partial charge in [-0.1, -0.05) is 30.7 Å². The average Bonchev–Trinajstić information content (AvgIpc) is 2.96. The van der Waals surface area contributed by atoms with Crippen molar-refractivity contribution in [3.05, 3.63) is 47.2 Å². The third-order valence-corrected chi connectivity index (χ3v) is 4.96. The summed E-state index contributed by atoms with van der Waals surface area (Å²) in [6, 6.07) is 10.2. The number of nitrogens with one attached hydrogen (secondary N) is 2. The Balaban J connectivity index is 1.75. The van der Waals surface area contributed by atoms with Gasteiger partial charge in [0.25, 0.3) is 0 Å². The number of amides is 1. The first-order chi connectivity index (χ1) is 12.2. The van der Waals surface area contributed by atoms with Crippen LogP contribution in [0, 0.1) is 0 Å². The first-order valence-electron chi connectivity index (χ1n) is 8.45. The third kappa shape index (κ3) is 2.90. The Morgan fingerprint density at radius 3 is 2.96 bits per heavy atom. The Labute approximate surface area is 151 Å². The summed E-state index contributed by atoms with van der Waals surface area (Å²) in [5.41, 5.74) is 4.87. The van der Waals surface area contributed by atoms with Gasteiger partial charge < -0.3 is 15.2 Å². The number of piperazine rings is 1. The Bertz CT molecular complexity index is 950. The molecule has 0 saturated carbocycles. The number of carbonyl (C=O) groups excluding carboxylic acids is 1. The Morgan fingerprint density at radius 2 is 2.16 bits per heavy atom. The minimum Gasteiger partial charge on any atom is -0.330 e. The van der Waals surface area contributed by atoms with Gasteiger partial charge in [0, 0.05) is 35.9 Å². The van der Waals surface area contributed by atoms with Crippen LogP contribution in [0.25, 0.3) is 22.2 Å². The first kappa shape index (κ1) is 16.1. The summed E-state index contributed by atoms with van der Waals surface area (Å²) in [6.45, 7) is 3.97. The van der Waals surface area contributed by atoms with Gasteiger partial charge in [-0.15, -0.1) is 0 Å². The summed E-state index contributed by atoms with van der Waals surface area (Å²) in [4.78, 5) is 21.6. The molecule has 3 heterocycles. The number of aromatic nitrogens is 2. The molecule has 0 bridgehead atoms. The summed E-state index contributed by atoms with van der Waals surface area (Å²) >= 11 is 6.26. The number of pyridine rings is 1. The smallest absolute Gasteiger partial charge is 0.240 e. The van der Waals surface area contributed by atoms with Gasteiger partial charge >= 0.3 is 0 Å². The van der Waals surface area contributed by atoms with E-state index in [0.29, 0.717) is 18.2 Å². The number of halogens is 1. The van der Waals surface area contributed by atoms with Crippen molar-refractivity contribution in [1.82, 2.24) is 15.3 Å². The second-order valence-electron chi connectivity index (χ2n) is 6.16. The molecule has 1 aliphatic rings. The Hall–Kier alpha value is -2.37. The fraction of sp³-hybridized carbons (Fsp3) is 0.263. The van der Waals surface area contributed by atoms with E-state index in [1.807, 2.05) is 35.4 Å². The van der Waals surface area contributed by atoms with E-state index in [0.717, 1.165) is 46.4 Å². The van der Waals surface area contributed by atoms with E-state index >= 15 is 0 Å². The monoisotopic (exact) mass is 354 g/mol. The van der Waals surface area contributed by atoms with Crippen LogP contribution in [0.15, 0.2) is 36.5 Å². The molecule has 0 aliphatic carbocycles. The van der Waals surface area contributed by atoms with E-state index in [2.05, 4.69) is 28.3 Å². The van der Waals surface area contributed by atoms with Crippen LogP contribution in [0.3, 0.4) is 0 Å². The molecule has 0 spiro atoms. The molecule has 5 nitrogen and oxygen atoms in total. The lowest BCUT2D eigenvalue weighted by Crippen LogP contribution is -2.48. The van der Waals surface area contributed by atoms with Crippen LogP contribution in [0.1, 0.15) is 12.5 Å². The second kappa shape index (κ2) is 6.50. The van der Waals surface area contributed by atoms with Gasteiger partial charge in [-0.05, 0) is 35.7 Å². The number of fused-ring (bicyclic) bond motifs is 1. The van der Waals surface area contributed by atoms with Crippen molar-refractivity contribution in [2.75, 3.05) is 24.5 Å². The summed E-state index contributed by atoms with van der Waals surface area (Å²) in [5.74, 6) is 0.0997. The van der Waals surface area contributed by atoms with Crippen molar-refractivity contribution < 1.29 is 4.79 Å². The Morgan fingerprint density at radius 1 is 1.28 bits per heavy atom. The van der Waals surface area contributed by atoms with Crippen molar-refractivity contribution in [2.24, 2.45) is 0 Å². The number of anilines is 1. The zero-order chi connectivity index (χ0) is 17.4. The highest BCUT2D eigenvalue weighted by molar-refractivity contribution is 6.31. The van der Waals surface area contributed by atoms with Crippen molar-refractivity contribution >= 4 is 34.2 Å². The fourth-order valence-corrected chi connectivity index (χ4v) is 3.65. The van der Waals surface area contributed by atoms with Crippen molar-refractivity contribution in [3.63, 3.8) is 0 Å². The molecule has 0 radical (unpaired) electrons. The van der Waals surface area contributed by atoms with Gasteiger partial charge in [-0.2, -0.15) is 0 Å². The highest BCUT2D eigenvalue weighted by Crippen LogP contribution is 2.31. The van der Waals surface area contributed by atoms with E-state index in [-0.39, 0.29) is 5.91 Å². The number of hydrogen-bond acceptors (Lipinski definition) is 3. The maximum absolute atomic E-state index is 12.1. The molecule has 0 unspecified atom stereocenters. The topological polar surface area (TPSA) is 61.0 Å². The summed E-state index contributed by atoms with van der Waals surface area (Å²) < 4.78 is 0. The summed E-state index contributed by atoms with van der Waals surface area (Å²) in [6.07, 6.45) is 2.69. The molecule has 1 aliphatic heterocycles. The normalized spacial score (nSPS) is 15.1. The van der Waals surface area contributed by atoms with Gasteiger partial charge in [0.05, 0.1) is 6.54 Å². The van der Waals surface area contributed by atoms with Crippen LogP contribution in [-0.4, -0.2) is 35.5 Å². The molecule has 4 rings (SSSR count). The number of aryl methyl sites for hydroxylation is 1. The number of aromatic amines is 1. The maximum Gasteiger partial charge on any atom is 0.240 e. The van der Waals surface area contributed by atoms with Crippen LogP contribution < -0.4 is 10.2 Å². The zero-order valence-corrected chi connectivity index (χ0v) is 14.7.